The zero-order chi connectivity index (χ0) is 16.8. The fourth-order valence-electron chi connectivity index (χ4n) is 3.14. The molecule has 0 aromatic heterocycles. The monoisotopic (exact) mass is 323 g/mol. The Labute approximate surface area is 144 Å². The van der Waals surface area contributed by atoms with E-state index in [0.717, 1.165) is 38.4 Å². The first kappa shape index (κ1) is 16.4. The van der Waals surface area contributed by atoms with Crippen LogP contribution in [0.5, 0.6) is 0 Å². The van der Waals surface area contributed by atoms with Gasteiger partial charge in [-0.1, -0.05) is 36.4 Å². The molecule has 0 unspecified atom stereocenters. The molecule has 1 saturated heterocycles. The van der Waals surface area contributed by atoms with Gasteiger partial charge < -0.3 is 14.7 Å². The van der Waals surface area contributed by atoms with Gasteiger partial charge in [0, 0.05) is 44.1 Å². The number of carbonyl (C=O) groups excluding carboxylic acids is 1. The summed E-state index contributed by atoms with van der Waals surface area (Å²) in [5, 5.41) is 0. The molecule has 3 rings (SSSR count). The fraction of sp³-hybridized carbons (Fsp3) is 0.350. The van der Waals surface area contributed by atoms with E-state index in [1.807, 2.05) is 29.2 Å². The molecule has 1 heterocycles. The van der Waals surface area contributed by atoms with Crippen molar-refractivity contribution in [2.75, 3.05) is 49.1 Å². The minimum absolute atomic E-state index is 0.216. The summed E-state index contributed by atoms with van der Waals surface area (Å²) < 4.78 is 0. The summed E-state index contributed by atoms with van der Waals surface area (Å²) in [5.41, 5.74) is 2.35. The zero-order valence-electron chi connectivity index (χ0n) is 14.3. The van der Waals surface area contributed by atoms with Gasteiger partial charge in [0.1, 0.15) is 0 Å². The van der Waals surface area contributed by atoms with Crippen LogP contribution < -0.4 is 9.80 Å². The average molecular weight is 323 g/mol. The Morgan fingerprint density at radius 1 is 0.917 bits per heavy atom. The summed E-state index contributed by atoms with van der Waals surface area (Å²) in [6, 6.07) is 20.6. The normalized spacial score (nSPS) is 14.5. The summed E-state index contributed by atoms with van der Waals surface area (Å²) in [7, 11) is 0. The Kier molecular flexibility index (Phi) is 5.36. The fourth-order valence-corrected chi connectivity index (χ4v) is 3.14. The molecule has 0 spiro atoms. The second-order valence-electron chi connectivity index (χ2n) is 6.05. The van der Waals surface area contributed by atoms with Crippen molar-refractivity contribution in [1.82, 2.24) is 4.90 Å². The van der Waals surface area contributed by atoms with Gasteiger partial charge in [-0.3, -0.25) is 4.79 Å². The molecule has 4 nitrogen and oxygen atoms in total. The topological polar surface area (TPSA) is 26.8 Å². The van der Waals surface area contributed by atoms with Crippen molar-refractivity contribution in [3.05, 3.63) is 60.7 Å². The van der Waals surface area contributed by atoms with Gasteiger partial charge in [-0.2, -0.15) is 0 Å². The van der Waals surface area contributed by atoms with Gasteiger partial charge in [0.05, 0.1) is 6.54 Å². The Hall–Kier alpha value is -2.49. The number of nitrogens with zero attached hydrogens (tertiary/aromatic N) is 3. The predicted octanol–water partition coefficient (Wildman–Crippen LogP) is 2.86. The minimum Gasteiger partial charge on any atom is -0.368 e. The van der Waals surface area contributed by atoms with Crippen LogP contribution in [0.3, 0.4) is 0 Å². The van der Waals surface area contributed by atoms with E-state index in [2.05, 4.69) is 53.1 Å². The van der Waals surface area contributed by atoms with Crippen LogP contribution in [0.1, 0.15) is 6.92 Å². The Morgan fingerprint density at radius 3 is 2.08 bits per heavy atom. The van der Waals surface area contributed by atoms with Crippen molar-refractivity contribution in [3.8, 4) is 0 Å². The quantitative estimate of drug-likeness (QED) is 0.846. The molecular formula is C20H25N3O. The van der Waals surface area contributed by atoms with Gasteiger partial charge in [-0.05, 0) is 31.2 Å². The number of likely N-dealkylation sites (N-methyl/N-ethyl adjacent to an activating group) is 1. The Bertz CT molecular complexity index is 636. The van der Waals surface area contributed by atoms with Gasteiger partial charge in [0.15, 0.2) is 0 Å². The Morgan fingerprint density at radius 2 is 1.50 bits per heavy atom. The number of anilines is 2. The van der Waals surface area contributed by atoms with E-state index >= 15 is 0 Å². The molecule has 0 bridgehead atoms. The van der Waals surface area contributed by atoms with Crippen LogP contribution in [0, 0.1) is 0 Å². The third-order valence-electron chi connectivity index (χ3n) is 4.58. The van der Waals surface area contributed by atoms with Crippen LogP contribution in [0.2, 0.25) is 0 Å². The predicted molar refractivity (Wildman–Crippen MR) is 99.6 cm³/mol. The molecule has 2 aromatic carbocycles. The molecule has 0 radical (unpaired) electrons. The molecule has 0 aliphatic carbocycles. The third-order valence-corrected chi connectivity index (χ3v) is 4.58. The number of piperazine rings is 1. The van der Waals surface area contributed by atoms with E-state index in [0.29, 0.717) is 6.54 Å². The molecular weight excluding hydrogens is 298 g/mol. The Balaban J connectivity index is 1.55. The van der Waals surface area contributed by atoms with Crippen LogP contribution in [-0.2, 0) is 4.79 Å². The maximum Gasteiger partial charge on any atom is 0.242 e. The lowest BCUT2D eigenvalue weighted by Crippen LogP contribution is -2.51. The number of amides is 1. The maximum atomic E-state index is 12.6. The third kappa shape index (κ3) is 3.88. The summed E-state index contributed by atoms with van der Waals surface area (Å²) in [6.07, 6.45) is 0. The summed E-state index contributed by atoms with van der Waals surface area (Å²) in [6.45, 7) is 6.75. The zero-order valence-corrected chi connectivity index (χ0v) is 14.3. The van der Waals surface area contributed by atoms with Crippen LogP contribution in [0.25, 0.3) is 0 Å². The standard InChI is InChI=1S/C20H25N3O/c1-2-21(18-9-5-3-6-10-18)17-20(24)23-15-13-22(14-16-23)19-11-7-4-8-12-19/h3-12H,2,13-17H2,1H3. The van der Waals surface area contributed by atoms with E-state index in [-0.39, 0.29) is 5.91 Å². The molecule has 1 aliphatic heterocycles. The highest BCUT2D eigenvalue weighted by Gasteiger charge is 2.22. The summed E-state index contributed by atoms with van der Waals surface area (Å²) >= 11 is 0. The van der Waals surface area contributed by atoms with Gasteiger partial charge in [-0.15, -0.1) is 0 Å². The number of benzene rings is 2. The lowest BCUT2D eigenvalue weighted by molar-refractivity contribution is -0.130. The minimum atomic E-state index is 0.216. The molecule has 1 amide bonds. The number of carbonyl (C=O) groups is 1. The van der Waals surface area contributed by atoms with Crippen LogP contribution in [0.4, 0.5) is 11.4 Å². The SMILES string of the molecule is CCN(CC(=O)N1CCN(c2ccccc2)CC1)c1ccccc1. The lowest BCUT2D eigenvalue weighted by atomic mass is 10.2. The van der Waals surface area contributed by atoms with Crippen molar-refractivity contribution < 1.29 is 4.79 Å². The van der Waals surface area contributed by atoms with Crippen LogP contribution >= 0.6 is 0 Å². The summed E-state index contributed by atoms with van der Waals surface area (Å²) in [4.78, 5) is 19.1. The lowest BCUT2D eigenvalue weighted by Gasteiger charge is -2.37. The van der Waals surface area contributed by atoms with E-state index < -0.39 is 0 Å². The smallest absolute Gasteiger partial charge is 0.242 e. The first-order chi connectivity index (χ1) is 11.8. The van der Waals surface area contributed by atoms with Crippen molar-refractivity contribution in [1.29, 1.82) is 0 Å². The molecule has 1 aliphatic rings. The van der Waals surface area contributed by atoms with Crippen molar-refractivity contribution >= 4 is 17.3 Å². The maximum absolute atomic E-state index is 12.6. The number of hydrogen-bond acceptors (Lipinski definition) is 3. The largest absolute Gasteiger partial charge is 0.368 e. The number of para-hydroxylation sites is 2. The van der Waals surface area contributed by atoms with Gasteiger partial charge >= 0.3 is 0 Å². The van der Waals surface area contributed by atoms with Gasteiger partial charge in [-0.25, -0.2) is 0 Å². The molecule has 1 fully saturated rings. The highest BCUT2D eigenvalue weighted by Crippen LogP contribution is 2.17. The molecule has 4 heteroatoms. The molecule has 126 valence electrons. The highest BCUT2D eigenvalue weighted by molar-refractivity contribution is 5.81. The second kappa shape index (κ2) is 7.86. The summed E-state index contributed by atoms with van der Waals surface area (Å²) in [5.74, 6) is 0.216. The van der Waals surface area contributed by atoms with Crippen molar-refractivity contribution in [2.45, 2.75) is 6.92 Å². The molecule has 0 atom stereocenters. The highest BCUT2D eigenvalue weighted by atomic mass is 16.2. The number of hydrogen-bond donors (Lipinski definition) is 0. The first-order valence-corrected chi connectivity index (χ1v) is 8.65. The first-order valence-electron chi connectivity index (χ1n) is 8.65. The van der Waals surface area contributed by atoms with Crippen molar-refractivity contribution in [2.24, 2.45) is 0 Å². The number of rotatable bonds is 5. The van der Waals surface area contributed by atoms with E-state index in [1.54, 1.807) is 0 Å². The van der Waals surface area contributed by atoms with Gasteiger partial charge in [0.2, 0.25) is 5.91 Å². The molecule has 0 N–H and O–H groups in total. The molecule has 2 aromatic rings. The van der Waals surface area contributed by atoms with E-state index in [1.165, 1.54) is 5.69 Å². The molecule has 0 saturated carbocycles. The van der Waals surface area contributed by atoms with Crippen LogP contribution in [0.15, 0.2) is 60.7 Å². The van der Waals surface area contributed by atoms with E-state index in [9.17, 15) is 4.79 Å². The van der Waals surface area contributed by atoms with Crippen LogP contribution in [-0.4, -0.2) is 50.1 Å². The van der Waals surface area contributed by atoms with E-state index in [4.69, 9.17) is 0 Å². The van der Waals surface area contributed by atoms with Gasteiger partial charge in [0.25, 0.3) is 0 Å². The van der Waals surface area contributed by atoms with Crippen molar-refractivity contribution in [3.63, 3.8) is 0 Å². The average Bonchev–Trinajstić information content (AvgIpc) is 2.67. The second-order valence-corrected chi connectivity index (χ2v) is 6.05. The molecule has 24 heavy (non-hydrogen) atoms.